The van der Waals surface area contributed by atoms with E-state index in [2.05, 4.69) is 46.1 Å². The molecule has 3 atom stereocenters. The molecule has 0 aliphatic rings. The van der Waals surface area contributed by atoms with Crippen LogP contribution in [0.3, 0.4) is 0 Å². The molecule has 0 aliphatic heterocycles. The van der Waals surface area contributed by atoms with E-state index in [1.165, 1.54) is 18.4 Å². The van der Waals surface area contributed by atoms with Crippen molar-refractivity contribution in [1.82, 2.24) is 0 Å². The molecular weight excluding hydrogens is 254 g/mol. The first kappa shape index (κ1) is 19.9. The highest BCUT2D eigenvalue weighted by Crippen LogP contribution is 2.31. The van der Waals surface area contributed by atoms with Gasteiger partial charge in [-0.3, -0.25) is 0 Å². The number of allylic oxidation sites excluding steroid dienone is 6. The second kappa shape index (κ2) is 11.6. The van der Waals surface area contributed by atoms with Crippen molar-refractivity contribution in [2.24, 2.45) is 23.5 Å². The van der Waals surface area contributed by atoms with Gasteiger partial charge >= 0.3 is 0 Å². The van der Waals surface area contributed by atoms with Gasteiger partial charge in [-0.2, -0.15) is 0 Å². The van der Waals surface area contributed by atoms with E-state index < -0.39 is 0 Å². The van der Waals surface area contributed by atoms with Crippen LogP contribution >= 0.6 is 0 Å². The van der Waals surface area contributed by atoms with Crippen LogP contribution in [0.4, 0.5) is 0 Å². The molecule has 1 heteroatoms. The highest BCUT2D eigenvalue weighted by atomic mass is 14.5. The van der Waals surface area contributed by atoms with Crippen molar-refractivity contribution in [3.8, 4) is 0 Å². The Morgan fingerprint density at radius 3 is 2.38 bits per heavy atom. The first-order valence-electron chi connectivity index (χ1n) is 8.31. The standard InChI is InChI=1S/C20H35N/c1-7-9-11-19(14-16(3)4)15-17(5)18(6)20(10-8-2)12-13-21/h7,9,11,14,17-18,20H,1,3,8,10,12-13,15,21H2,2,4-6H3/b11-9-,19-14-. The molecular formula is C20H35N. The Hall–Kier alpha value is -1.08. The molecule has 0 aliphatic carbocycles. The van der Waals surface area contributed by atoms with Gasteiger partial charge in [-0.05, 0) is 49.6 Å². The maximum atomic E-state index is 5.79. The zero-order valence-electron chi connectivity index (χ0n) is 14.6. The third kappa shape index (κ3) is 8.72. The largest absolute Gasteiger partial charge is 0.330 e. The molecule has 21 heavy (non-hydrogen) atoms. The minimum absolute atomic E-state index is 0.646. The number of rotatable bonds is 11. The van der Waals surface area contributed by atoms with Crippen LogP contribution in [0.1, 0.15) is 53.4 Å². The van der Waals surface area contributed by atoms with Gasteiger partial charge in [0.2, 0.25) is 0 Å². The fourth-order valence-corrected chi connectivity index (χ4v) is 2.96. The summed E-state index contributed by atoms with van der Waals surface area (Å²) in [5.41, 5.74) is 8.23. The average molecular weight is 290 g/mol. The van der Waals surface area contributed by atoms with Crippen LogP contribution in [-0.2, 0) is 0 Å². The third-order valence-corrected chi connectivity index (χ3v) is 4.27. The minimum atomic E-state index is 0.646. The minimum Gasteiger partial charge on any atom is -0.330 e. The lowest BCUT2D eigenvalue weighted by Gasteiger charge is -2.29. The fourth-order valence-electron chi connectivity index (χ4n) is 2.96. The van der Waals surface area contributed by atoms with E-state index in [4.69, 9.17) is 5.73 Å². The van der Waals surface area contributed by atoms with Gasteiger partial charge < -0.3 is 5.73 Å². The molecule has 0 saturated carbocycles. The van der Waals surface area contributed by atoms with Gasteiger partial charge in [-0.25, -0.2) is 0 Å². The van der Waals surface area contributed by atoms with Gasteiger partial charge in [-0.15, -0.1) is 0 Å². The van der Waals surface area contributed by atoms with Crippen LogP contribution < -0.4 is 5.73 Å². The summed E-state index contributed by atoms with van der Waals surface area (Å²) in [5, 5.41) is 0. The van der Waals surface area contributed by atoms with Gasteiger partial charge in [0, 0.05) is 0 Å². The summed E-state index contributed by atoms with van der Waals surface area (Å²) in [6.07, 6.45) is 12.9. The van der Waals surface area contributed by atoms with E-state index in [9.17, 15) is 0 Å². The van der Waals surface area contributed by atoms with Crippen molar-refractivity contribution in [3.63, 3.8) is 0 Å². The maximum absolute atomic E-state index is 5.79. The second-order valence-corrected chi connectivity index (χ2v) is 6.33. The first-order chi connectivity index (χ1) is 9.96. The van der Waals surface area contributed by atoms with Gasteiger partial charge in [0.1, 0.15) is 0 Å². The maximum Gasteiger partial charge on any atom is -0.00745 e. The quantitative estimate of drug-likeness (QED) is 0.488. The number of nitrogens with two attached hydrogens (primary N) is 1. The highest BCUT2D eigenvalue weighted by Gasteiger charge is 2.22. The Balaban J connectivity index is 4.86. The summed E-state index contributed by atoms with van der Waals surface area (Å²) >= 11 is 0. The summed E-state index contributed by atoms with van der Waals surface area (Å²) in [6, 6.07) is 0. The highest BCUT2D eigenvalue weighted by molar-refractivity contribution is 5.29. The molecule has 0 aromatic rings. The normalized spacial score (nSPS) is 16.7. The van der Waals surface area contributed by atoms with Gasteiger partial charge in [0.15, 0.2) is 0 Å². The molecule has 3 unspecified atom stereocenters. The molecule has 0 aromatic carbocycles. The van der Waals surface area contributed by atoms with Gasteiger partial charge in [-0.1, -0.05) is 76.6 Å². The lowest BCUT2D eigenvalue weighted by Crippen LogP contribution is -2.22. The monoisotopic (exact) mass is 289 g/mol. The molecule has 0 radical (unpaired) electrons. The Morgan fingerprint density at radius 2 is 1.90 bits per heavy atom. The molecule has 0 rings (SSSR count). The molecule has 0 amide bonds. The lowest BCUT2D eigenvalue weighted by atomic mass is 9.77. The van der Waals surface area contributed by atoms with Crippen LogP contribution in [0.5, 0.6) is 0 Å². The lowest BCUT2D eigenvalue weighted by molar-refractivity contribution is 0.235. The van der Waals surface area contributed by atoms with Gasteiger partial charge in [0.05, 0.1) is 0 Å². The van der Waals surface area contributed by atoms with E-state index in [-0.39, 0.29) is 0 Å². The molecule has 0 aromatic heterocycles. The van der Waals surface area contributed by atoms with Crippen LogP contribution in [0, 0.1) is 17.8 Å². The molecule has 0 spiro atoms. The third-order valence-electron chi connectivity index (χ3n) is 4.27. The number of hydrogen-bond acceptors (Lipinski definition) is 1. The van der Waals surface area contributed by atoms with E-state index in [0.717, 1.165) is 30.9 Å². The first-order valence-corrected chi connectivity index (χ1v) is 8.31. The zero-order valence-corrected chi connectivity index (χ0v) is 14.6. The van der Waals surface area contributed by atoms with Crippen LogP contribution in [0.25, 0.3) is 0 Å². The summed E-state index contributed by atoms with van der Waals surface area (Å²) in [4.78, 5) is 0. The predicted molar refractivity (Wildman–Crippen MR) is 97.2 cm³/mol. The summed E-state index contributed by atoms with van der Waals surface area (Å²) in [6.45, 7) is 17.6. The van der Waals surface area contributed by atoms with Gasteiger partial charge in [0.25, 0.3) is 0 Å². The molecule has 0 saturated heterocycles. The Kier molecular flexibility index (Phi) is 11.0. The van der Waals surface area contributed by atoms with Crippen molar-refractivity contribution < 1.29 is 0 Å². The molecule has 0 fully saturated rings. The SMILES string of the molecule is C=C/C=C\C(=C\C(=C)C)CC(C)C(C)C(CCC)CCN. The van der Waals surface area contributed by atoms with Crippen LogP contribution in [0.15, 0.2) is 48.6 Å². The van der Waals surface area contributed by atoms with Crippen molar-refractivity contribution in [2.75, 3.05) is 6.54 Å². The van der Waals surface area contributed by atoms with E-state index >= 15 is 0 Å². The average Bonchev–Trinajstić information content (AvgIpc) is 2.43. The summed E-state index contributed by atoms with van der Waals surface area (Å²) in [5.74, 6) is 2.08. The predicted octanol–water partition coefficient (Wildman–Crippen LogP) is 5.66. The molecule has 0 heterocycles. The summed E-state index contributed by atoms with van der Waals surface area (Å²) in [7, 11) is 0. The van der Waals surface area contributed by atoms with Crippen LogP contribution in [0.2, 0.25) is 0 Å². The molecule has 1 nitrogen and oxygen atoms in total. The van der Waals surface area contributed by atoms with E-state index in [0.29, 0.717) is 11.8 Å². The van der Waals surface area contributed by atoms with Crippen molar-refractivity contribution >= 4 is 0 Å². The Labute approximate surface area is 132 Å². The second-order valence-electron chi connectivity index (χ2n) is 6.33. The Morgan fingerprint density at radius 1 is 1.24 bits per heavy atom. The smallest absolute Gasteiger partial charge is 0.00745 e. The van der Waals surface area contributed by atoms with E-state index in [1.54, 1.807) is 0 Å². The van der Waals surface area contributed by atoms with E-state index in [1.807, 2.05) is 19.1 Å². The molecule has 2 N–H and O–H groups in total. The molecule has 120 valence electrons. The molecule has 0 bridgehead atoms. The van der Waals surface area contributed by atoms with Crippen molar-refractivity contribution in [1.29, 1.82) is 0 Å². The number of hydrogen-bond donors (Lipinski definition) is 1. The van der Waals surface area contributed by atoms with Crippen molar-refractivity contribution in [2.45, 2.75) is 53.4 Å². The topological polar surface area (TPSA) is 26.0 Å². The fraction of sp³-hybridized carbons (Fsp3) is 0.600. The summed E-state index contributed by atoms with van der Waals surface area (Å²) < 4.78 is 0. The van der Waals surface area contributed by atoms with Crippen LogP contribution in [-0.4, -0.2) is 6.54 Å². The Bertz CT molecular complexity index is 356. The van der Waals surface area contributed by atoms with Crippen molar-refractivity contribution in [3.05, 3.63) is 48.6 Å². The zero-order chi connectivity index (χ0) is 16.3.